The Morgan fingerprint density at radius 2 is 1.83 bits per heavy atom. The predicted octanol–water partition coefficient (Wildman–Crippen LogP) is 5.22. The highest BCUT2D eigenvalue weighted by Crippen LogP contribution is 2.41. The summed E-state index contributed by atoms with van der Waals surface area (Å²) in [7, 11) is 1.39. The number of methoxy groups -OCH3 is 1. The monoisotopic (exact) mass is 433 g/mol. The van der Waals surface area contributed by atoms with Gasteiger partial charge in [0.2, 0.25) is 5.91 Å². The smallest absolute Gasteiger partial charge is 0.350 e. The van der Waals surface area contributed by atoms with E-state index in [1.54, 1.807) is 0 Å². The summed E-state index contributed by atoms with van der Waals surface area (Å²) in [5.41, 5.74) is 1.90. The summed E-state index contributed by atoms with van der Waals surface area (Å²) in [5.74, 6) is -0.355. The Kier molecular flexibility index (Phi) is 7.08. The summed E-state index contributed by atoms with van der Waals surface area (Å²) >= 11 is 1.43. The minimum atomic E-state index is -0.390. The van der Waals surface area contributed by atoms with E-state index in [1.165, 1.54) is 24.0 Å². The lowest BCUT2D eigenvalue weighted by Crippen LogP contribution is -2.46. The average molecular weight is 434 g/mol. The Balaban J connectivity index is 2.04. The lowest BCUT2D eigenvalue weighted by molar-refractivity contribution is -0.123. The number of anilines is 1. The van der Waals surface area contributed by atoms with E-state index >= 15 is 0 Å². The van der Waals surface area contributed by atoms with Gasteiger partial charge in [0.25, 0.3) is 0 Å². The molecule has 1 saturated carbocycles. The second kappa shape index (κ2) is 9.23. The third kappa shape index (κ3) is 4.97. The standard InChI is InChI=1S/C24H35NO4S/c1-15-6-8-16(9-7-15)22(27)25(17-10-12-18(26)13-11-17)19-14-20(24(2,3)4)30-21(19)23(28)29-5/h6,14,16-18,26H,7-13H2,1-5H3/t16-,17?,18?/m1/s1. The molecule has 5 nitrogen and oxygen atoms in total. The van der Waals surface area contributed by atoms with Gasteiger partial charge in [-0.25, -0.2) is 4.79 Å². The highest BCUT2D eigenvalue weighted by atomic mass is 32.1. The minimum Gasteiger partial charge on any atom is -0.465 e. The van der Waals surface area contributed by atoms with Gasteiger partial charge in [0.05, 0.1) is 18.9 Å². The number of rotatable bonds is 4. The maximum atomic E-state index is 13.8. The topological polar surface area (TPSA) is 66.8 Å². The highest BCUT2D eigenvalue weighted by molar-refractivity contribution is 7.14. The molecule has 6 heteroatoms. The predicted molar refractivity (Wildman–Crippen MR) is 121 cm³/mol. The number of thiophene rings is 1. The normalized spacial score (nSPS) is 24.9. The Hall–Kier alpha value is -1.66. The van der Waals surface area contributed by atoms with Gasteiger partial charge in [-0.15, -0.1) is 11.3 Å². The molecule has 1 aromatic heterocycles. The van der Waals surface area contributed by atoms with Gasteiger partial charge in [-0.05, 0) is 63.4 Å². The zero-order valence-corrected chi connectivity index (χ0v) is 19.7. The molecule has 1 fully saturated rings. The van der Waals surface area contributed by atoms with Crippen molar-refractivity contribution in [1.82, 2.24) is 0 Å². The number of hydrogen-bond donors (Lipinski definition) is 1. The van der Waals surface area contributed by atoms with Crippen LogP contribution < -0.4 is 4.90 Å². The number of aliphatic hydroxyl groups is 1. The molecule has 0 aromatic carbocycles. The fourth-order valence-electron chi connectivity index (χ4n) is 4.37. The van der Waals surface area contributed by atoms with Crippen LogP contribution in [0.25, 0.3) is 0 Å². The minimum absolute atomic E-state index is 0.00118. The summed E-state index contributed by atoms with van der Waals surface area (Å²) in [6.45, 7) is 8.45. The van der Waals surface area contributed by atoms with Crippen LogP contribution in [0.5, 0.6) is 0 Å². The first-order valence-corrected chi connectivity index (χ1v) is 11.8. The largest absolute Gasteiger partial charge is 0.465 e. The van der Waals surface area contributed by atoms with Crippen molar-refractivity contribution in [1.29, 1.82) is 0 Å². The summed E-state index contributed by atoms with van der Waals surface area (Å²) < 4.78 is 5.08. The molecule has 1 N–H and O–H groups in total. The van der Waals surface area contributed by atoms with Gasteiger partial charge in [0.1, 0.15) is 4.88 Å². The molecule has 2 aliphatic carbocycles. The number of esters is 1. The van der Waals surface area contributed by atoms with Crippen molar-refractivity contribution in [3.63, 3.8) is 0 Å². The summed E-state index contributed by atoms with van der Waals surface area (Å²) in [4.78, 5) is 29.9. The molecule has 2 aliphatic rings. The zero-order chi connectivity index (χ0) is 22.1. The highest BCUT2D eigenvalue weighted by Gasteiger charge is 2.37. The maximum absolute atomic E-state index is 13.8. The number of nitrogens with zero attached hydrogens (tertiary/aromatic N) is 1. The SMILES string of the molecule is COC(=O)c1sc(C(C)(C)C)cc1N(C(=O)[C@@H]1CC=C(C)CC1)C1CCC(O)CC1. The number of amides is 1. The molecule has 30 heavy (non-hydrogen) atoms. The lowest BCUT2D eigenvalue weighted by Gasteiger charge is -2.38. The Bertz CT molecular complexity index is 812. The van der Waals surface area contributed by atoms with E-state index in [-0.39, 0.29) is 29.4 Å². The fourth-order valence-corrected chi connectivity index (χ4v) is 5.49. The van der Waals surface area contributed by atoms with Crippen LogP contribution in [0.15, 0.2) is 17.7 Å². The molecule has 1 aromatic rings. The van der Waals surface area contributed by atoms with Crippen molar-refractivity contribution < 1.29 is 19.4 Å². The quantitative estimate of drug-likeness (QED) is 0.522. The van der Waals surface area contributed by atoms with Crippen LogP contribution in [0, 0.1) is 5.92 Å². The third-order valence-corrected chi connectivity index (χ3v) is 7.87. The van der Waals surface area contributed by atoms with E-state index in [4.69, 9.17) is 4.74 Å². The molecule has 1 atom stereocenters. The average Bonchev–Trinajstić information content (AvgIpc) is 3.15. The third-order valence-electron chi connectivity index (χ3n) is 6.34. The molecule has 1 amide bonds. The van der Waals surface area contributed by atoms with Crippen molar-refractivity contribution in [2.75, 3.05) is 12.0 Å². The van der Waals surface area contributed by atoms with Gasteiger partial charge in [-0.1, -0.05) is 32.4 Å². The van der Waals surface area contributed by atoms with E-state index in [2.05, 4.69) is 33.8 Å². The molecular weight excluding hydrogens is 398 g/mol. The number of hydrogen-bond acceptors (Lipinski definition) is 5. The second-order valence-electron chi connectivity index (χ2n) is 9.76. The van der Waals surface area contributed by atoms with Crippen LogP contribution in [0.2, 0.25) is 0 Å². The molecule has 0 saturated heterocycles. The van der Waals surface area contributed by atoms with E-state index in [1.807, 2.05) is 11.0 Å². The molecule has 0 unspecified atom stereocenters. The van der Waals surface area contributed by atoms with Gasteiger partial charge >= 0.3 is 5.97 Å². The van der Waals surface area contributed by atoms with Gasteiger partial charge in [-0.2, -0.15) is 0 Å². The van der Waals surface area contributed by atoms with Crippen LogP contribution in [0.3, 0.4) is 0 Å². The number of carbonyl (C=O) groups is 2. The first-order chi connectivity index (χ1) is 14.1. The summed E-state index contributed by atoms with van der Waals surface area (Å²) in [6.07, 6.45) is 7.26. The van der Waals surface area contributed by atoms with Crippen LogP contribution in [-0.2, 0) is 14.9 Å². The molecule has 3 rings (SSSR count). The van der Waals surface area contributed by atoms with E-state index in [9.17, 15) is 14.7 Å². The van der Waals surface area contributed by atoms with E-state index < -0.39 is 5.97 Å². The number of ether oxygens (including phenoxy) is 1. The first-order valence-electron chi connectivity index (χ1n) is 11.0. The van der Waals surface area contributed by atoms with E-state index in [0.717, 1.165) is 37.0 Å². The van der Waals surface area contributed by atoms with Crippen LogP contribution in [0.4, 0.5) is 5.69 Å². The van der Waals surface area contributed by atoms with Crippen molar-refractivity contribution >= 4 is 28.9 Å². The first kappa shape index (κ1) is 23.0. The van der Waals surface area contributed by atoms with Gasteiger partial charge < -0.3 is 14.7 Å². The summed E-state index contributed by atoms with van der Waals surface area (Å²) in [5, 5.41) is 10.0. The van der Waals surface area contributed by atoms with Crippen molar-refractivity contribution in [3.8, 4) is 0 Å². The maximum Gasteiger partial charge on any atom is 0.350 e. The summed E-state index contributed by atoms with van der Waals surface area (Å²) in [6, 6.07) is 2.02. The second-order valence-corrected chi connectivity index (χ2v) is 10.8. The number of carbonyl (C=O) groups excluding carboxylic acids is 2. The Labute approximate surface area is 184 Å². The fraction of sp³-hybridized carbons (Fsp3) is 0.667. The number of aliphatic hydroxyl groups excluding tert-OH is 1. The van der Waals surface area contributed by atoms with Gasteiger partial charge in [-0.3, -0.25) is 4.79 Å². The van der Waals surface area contributed by atoms with Gasteiger partial charge in [0.15, 0.2) is 0 Å². The zero-order valence-electron chi connectivity index (χ0n) is 18.9. The molecule has 166 valence electrons. The van der Waals surface area contributed by atoms with Crippen LogP contribution in [0.1, 0.15) is 87.2 Å². The molecule has 1 heterocycles. The van der Waals surface area contributed by atoms with Crippen molar-refractivity contribution in [2.24, 2.45) is 5.92 Å². The van der Waals surface area contributed by atoms with Crippen molar-refractivity contribution in [2.45, 2.75) is 90.2 Å². The van der Waals surface area contributed by atoms with Crippen molar-refractivity contribution in [3.05, 3.63) is 27.5 Å². The molecule has 0 aliphatic heterocycles. The molecular formula is C24H35NO4S. The van der Waals surface area contributed by atoms with Gasteiger partial charge in [0, 0.05) is 16.8 Å². The Morgan fingerprint density at radius 3 is 2.37 bits per heavy atom. The Morgan fingerprint density at radius 1 is 1.17 bits per heavy atom. The molecule has 0 spiro atoms. The molecule has 0 bridgehead atoms. The number of allylic oxidation sites excluding steroid dienone is 2. The van der Waals surface area contributed by atoms with Crippen LogP contribution >= 0.6 is 11.3 Å². The van der Waals surface area contributed by atoms with E-state index in [0.29, 0.717) is 23.4 Å². The van der Waals surface area contributed by atoms with Crippen LogP contribution in [-0.4, -0.2) is 36.2 Å². The lowest BCUT2D eigenvalue weighted by atomic mass is 9.86. The molecule has 0 radical (unpaired) electrons.